The van der Waals surface area contributed by atoms with Crippen molar-refractivity contribution in [2.24, 2.45) is 11.7 Å². The monoisotopic (exact) mass is 613 g/mol. The second kappa shape index (κ2) is 11.0. The Bertz CT molecular complexity index is 2000. The molecule has 1 aliphatic rings. The van der Waals surface area contributed by atoms with E-state index in [1.54, 1.807) is 42.5 Å². The molecular formula is C33H29ClFN5O4. The van der Waals surface area contributed by atoms with Gasteiger partial charge >= 0.3 is 5.76 Å². The van der Waals surface area contributed by atoms with Crippen molar-refractivity contribution in [3.63, 3.8) is 0 Å². The van der Waals surface area contributed by atoms with Crippen LogP contribution in [-0.4, -0.2) is 26.3 Å². The fraction of sp³-hybridized carbons (Fsp3) is 0.242. The molecule has 3 aromatic heterocycles. The molecule has 2 aromatic carbocycles. The number of oxazole rings is 1. The van der Waals surface area contributed by atoms with Crippen LogP contribution < -0.4 is 16.8 Å². The Labute approximate surface area is 256 Å². The summed E-state index contributed by atoms with van der Waals surface area (Å²) in [6.07, 6.45) is 2.27. The van der Waals surface area contributed by atoms with Gasteiger partial charge in [0.05, 0.1) is 50.8 Å². The number of rotatable bonds is 8. The molecule has 44 heavy (non-hydrogen) atoms. The molecule has 4 heterocycles. The van der Waals surface area contributed by atoms with E-state index in [2.05, 4.69) is 10.3 Å². The zero-order valence-corrected chi connectivity index (χ0v) is 25.0. The third-order valence-electron chi connectivity index (χ3n) is 7.80. The van der Waals surface area contributed by atoms with Crippen LogP contribution >= 0.6 is 11.6 Å². The Morgan fingerprint density at radius 2 is 1.86 bits per heavy atom. The number of nitrogens with one attached hydrogen (secondary N) is 1. The van der Waals surface area contributed by atoms with Gasteiger partial charge in [-0.15, -0.1) is 0 Å². The molecule has 0 bridgehead atoms. The minimum atomic E-state index is -0.952. The molecule has 0 aliphatic carbocycles. The van der Waals surface area contributed by atoms with E-state index in [4.69, 9.17) is 26.7 Å². The molecule has 224 valence electrons. The molecule has 0 unspecified atom stereocenters. The maximum atomic E-state index is 13.7. The van der Waals surface area contributed by atoms with Gasteiger partial charge in [0.2, 0.25) is 0 Å². The zero-order valence-electron chi connectivity index (χ0n) is 24.3. The standard InChI is InChI=1S/C33H29ClFN5O4/c1-17(2)12-23-27(30(36)41)26(28-29(38-23)33(3,39-31(28)42)14-18-4-8-21(35)9-5-18)19-6-11-24-25(13-19)44-32(43)40(24)16-22-10-7-20(34)15-37-22/h4-11,13,15,17H,12,14,16H2,1-3H3,(H2,36,41)(H,39,42)/t33-/m1/s1. The molecule has 1 aliphatic heterocycles. The summed E-state index contributed by atoms with van der Waals surface area (Å²) < 4.78 is 20.7. The van der Waals surface area contributed by atoms with Crippen molar-refractivity contribution in [1.29, 1.82) is 0 Å². The second-order valence-corrected chi connectivity index (χ2v) is 12.1. The number of nitrogens with two attached hydrogens (primary N) is 1. The Morgan fingerprint density at radius 1 is 1.11 bits per heavy atom. The molecule has 0 radical (unpaired) electrons. The average Bonchev–Trinajstić information content (AvgIpc) is 3.40. The summed E-state index contributed by atoms with van der Waals surface area (Å²) in [5.41, 5.74) is 9.31. The number of primary amides is 1. The van der Waals surface area contributed by atoms with E-state index in [-0.39, 0.29) is 35.0 Å². The van der Waals surface area contributed by atoms with Crippen molar-refractivity contribution in [2.45, 2.75) is 45.7 Å². The third kappa shape index (κ3) is 5.26. The number of carbonyl (C=O) groups excluding carboxylic acids is 2. The molecule has 0 spiro atoms. The molecule has 0 fully saturated rings. The number of hydrogen-bond acceptors (Lipinski definition) is 6. The highest BCUT2D eigenvalue weighted by Gasteiger charge is 2.44. The third-order valence-corrected chi connectivity index (χ3v) is 8.02. The van der Waals surface area contributed by atoms with Gasteiger partial charge in [0.25, 0.3) is 11.8 Å². The summed E-state index contributed by atoms with van der Waals surface area (Å²) in [5.74, 6) is -1.97. The van der Waals surface area contributed by atoms with Crippen LogP contribution in [0.2, 0.25) is 5.02 Å². The molecule has 0 saturated heterocycles. The molecule has 6 rings (SSSR count). The van der Waals surface area contributed by atoms with Crippen molar-refractivity contribution < 1.29 is 18.4 Å². The predicted octanol–water partition coefficient (Wildman–Crippen LogP) is 5.39. The highest BCUT2D eigenvalue weighted by molar-refractivity contribution is 6.30. The normalized spacial score (nSPS) is 16.0. The quantitative estimate of drug-likeness (QED) is 0.241. The number of nitrogens with zero attached hydrogens (tertiary/aromatic N) is 3. The predicted molar refractivity (Wildman–Crippen MR) is 164 cm³/mol. The van der Waals surface area contributed by atoms with E-state index in [1.807, 2.05) is 20.8 Å². The van der Waals surface area contributed by atoms with E-state index in [0.717, 1.165) is 5.56 Å². The largest absolute Gasteiger partial charge is 0.420 e. The lowest BCUT2D eigenvalue weighted by molar-refractivity contribution is 0.0935. The Balaban J connectivity index is 1.54. The lowest BCUT2D eigenvalue weighted by Gasteiger charge is -2.26. The summed E-state index contributed by atoms with van der Waals surface area (Å²) >= 11 is 5.95. The summed E-state index contributed by atoms with van der Waals surface area (Å²) in [5, 5.41) is 3.54. The van der Waals surface area contributed by atoms with Crippen LogP contribution in [-0.2, 0) is 24.9 Å². The van der Waals surface area contributed by atoms with Gasteiger partial charge in [-0.1, -0.05) is 43.6 Å². The molecule has 11 heteroatoms. The Kier molecular flexibility index (Phi) is 7.33. The van der Waals surface area contributed by atoms with Gasteiger partial charge in [0.15, 0.2) is 5.58 Å². The van der Waals surface area contributed by atoms with Gasteiger partial charge < -0.3 is 15.5 Å². The summed E-state index contributed by atoms with van der Waals surface area (Å²) in [4.78, 5) is 48.8. The first-order valence-corrected chi connectivity index (χ1v) is 14.5. The van der Waals surface area contributed by atoms with E-state index in [9.17, 15) is 18.8 Å². The number of amides is 2. The number of aromatic nitrogens is 3. The number of carbonyl (C=O) groups is 2. The molecular weight excluding hydrogens is 585 g/mol. The van der Waals surface area contributed by atoms with Crippen LogP contribution in [0.3, 0.4) is 0 Å². The van der Waals surface area contributed by atoms with Crippen LogP contribution in [0.15, 0.2) is 70.0 Å². The molecule has 3 N–H and O–H groups in total. The minimum absolute atomic E-state index is 0.121. The first-order valence-electron chi connectivity index (χ1n) is 14.1. The van der Waals surface area contributed by atoms with Gasteiger partial charge in [-0.05, 0) is 66.8 Å². The summed E-state index contributed by atoms with van der Waals surface area (Å²) in [6, 6.07) is 14.5. The number of fused-ring (bicyclic) bond motifs is 2. The van der Waals surface area contributed by atoms with Crippen LogP contribution in [0.1, 0.15) is 64.1 Å². The van der Waals surface area contributed by atoms with Gasteiger partial charge in [-0.2, -0.15) is 0 Å². The van der Waals surface area contributed by atoms with Crippen molar-refractivity contribution in [1.82, 2.24) is 19.9 Å². The molecule has 1 atom stereocenters. The van der Waals surface area contributed by atoms with Crippen LogP contribution in [0.4, 0.5) is 4.39 Å². The van der Waals surface area contributed by atoms with Crippen molar-refractivity contribution in [3.8, 4) is 11.1 Å². The smallest absolute Gasteiger partial charge is 0.408 e. The van der Waals surface area contributed by atoms with Crippen LogP contribution in [0.25, 0.3) is 22.2 Å². The van der Waals surface area contributed by atoms with Gasteiger partial charge in [-0.3, -0.25) is 24.1 Å². The topological polar surface area (TPSA) is 133 Å². The van der Waals surface area contributed by atoms with Gasteiger partial charge in [0.1, 0.15) is 5.82 Å². The van der Waals surface area contributed by atoms with Crippen LogP contribution in [0, 0.1) is 11.7 Å². The summed E-state index contributed by atoms with van der Waals surface area (Å²) in [6.45, 7) is 6.01. The SMILES string of the molecule is CC(C)Cc1nc2c(c(-c3ccc4c(c3)oc(=O)n4Cc3ccc(Cl)cn3)c1C(N)=O)C(=O)N[C@]2(C)Cc1ccc(F)cc1. The van der Waals surface area contributed by atoms with Crippen molar-refractivity contribution >= 4 is 34.5 Å². The number of benzene rings is 2. The molecule has 5 aromatic rings. The van der Waals surface area contributed by atoms with E-state index in [1.165, 1.54) is 22.9 Å². The fourth-order valence-corrected chi connectivity index (χ4v) is 6.00. The highest BCUT2D eigenvalue weighted by Crippen LogP contribution is 2.42. The lowest BCUT2D eigenvalue weighted by atomic mass is 9.84. The first kappa shape index (κ1) is 29.3. The average molecular weight is 614 g/mol. The number of pyridine rings is 2. The van der Waals surface area contributed by atoms with Crippen molar-refractivity contribution in [3.05, 3.63) is 116 Å². The summed E-state index contributed by atoms with van der Waals surface area (Å²) in [7, 11) is 0. The van der Waals surface area contributed by atoms with E-state index >= 15 is 0 Å². The van der Waals surface area contributed by atoms with E-state index < -0.39 is 23.1 Å². The number of hydrogen-bond donors (Lipinski definition) is 2. The minimum Gasteiger partial charge on any atom is -0.408 e. The highest BCUT2D eigenvalue weighted by atomic mass is 35.5. The van der Waals surface area contributed by atoms with Gasteiger partial charge in [0, 0.05) is 18.2 Å². The first-order chi connectivity index (χ1) is 20.9. The molecule has 2 amide bonds. The second-order valence-electron chi connectivity index (χ2n) is 11.7. The Morgan fingerprint density at radius 3 is 2.52 bits per heavy atom. The Hall–Kier alpha value is -4.83. The van der Waals surface area contributed by atoms with Crippen LogP contribution in [0.5, 0.6) is 0 Å². The number of halogens is 2. The molecule has 9 nitrogen and oxygen atoms in total. The van der Waals surface area contributed by atoms with Crippen molar-refractivity contribution in [2.75, 3.05) is 0 Å². The molecule has 0 saturated carbocycles. The lowest BCUT2D eigenvalue weighted by Crippen LogP contribution is -2.39. The van der Waals surface area contributed by atoms with E-state index in [0.29, 0.717) is 51.6 Å². The van der Waals surface area contributed by atoms with Gasteiger partial charge in [-0.25, -0.2) is 9.18 Å². The zero-order chi connectivity index (χ0) is 31.3. The maximum Gasteiger partial charge on any atom is 0.420 e. The fourth-order valence-electron chi connectivity index (χ4n) is 5.89. The maximum absolute atomic E-state index is 13.7.